The van der Waals surface area contributed by atoms with Gasteiger partial charge >= 0.3 is 12.1 Å². The number of ether oxygens (including phenoxy) is 1. The number of benzene rings is 2. The van der Waals surface area contributed by atoms with Crippen molar-refractivity contribution in [3.8, 4) is 11.5 Å². The van der Waals surface area contributed by atoms with E-state index in [2.05, 4.69) is 36.9 Å². The predicted octanol–water partition coefficient (Wildman–Crippen LogP) is 3.21. The van der Waals surface area contributed by atoms with E-state index in [0.29, 0.717) is 11.9 Å². The Balaban J connectivity index is 0.000000229. The number of hydrogen-bond donors (Lipinski definition) is 2. The molecule has 1 amide bonds. The van der Waals surface area contributed by atoms with Gasteiger partial charge in [0, 0.05) is 38.8 Å². The Bertz CT molecular complexity index is 993. The fraction of sp³-hybridized carbons (Fsp3) is 0.391. The number of carbonyl (C=O) groups is 2. The average Bonchev–Trinajstić information content (AvgIpc) is 3.14. The number of hydrogen-bond acceptors (Lipinski definition) is 6. The van der Waals surface area contributed by atoms with Gasteiger partial charge in [-0.05, 0) is 49.4 Å². The van der Waals surface area contributed by atoms with Gasteiger partial charge < -0.3 is 24.7 Å². The fourth-order valence-corrected chi connectivity index (χ4v) is 4.47. The summed E-state index contributed by atoms with van der Waals surface area (Å²) < 4.78 is 5.41. The van der Waals surface area contributed by atoms with Gasteiger partial charge in [-0.15, -0.1) is 0 Å². The second-order valence-electron chi connectivity index (χ2n) is 8.40. The number of carboxylic acids is 1. The highest BCUT2D eigenvalue weighted by atomic mass is 16.6. The van der Waals surface area contributed by atoms with Gasteiger partial charge in [0.25, 0.3) is 0 Å². The van der Waals surface area contributed by atoms with Crippen LogP contribution in [0.4, 0.5) is 10.5 Å². The molecule has 8 nitrogen and oxygen atoms in total. The van der Waals surface area contributed by atoms with Crippen molar-refractivity contribution in [2.24, 2.45) is 0 Å². The van der Waals surface area contributed by atoms with Crippen LogP contribution in [0.5, 0.6) is 11.5 Å². The van der Waals surface area contributed by atoms with Gasteiger partial charge in [-0.25, -0.2) is 9.59 Å². The lowest BCUT2D eigenvalue weighted by atomic mass is 9.81. The van der Waals surface area contributed by atoms with Crippen molar-refractivity contribution in [3.05, 3.63) is 53.6 Å². The van der Waals surface area contributed by atoms with Crippen LogP contribution in [0, 0.1) is 0 Å². The number of likely N-dealkylation sites (tertiary alicyclic amines) is 1. The molecule has 2 atom stereocenters. The average molecular weight is 428 g/mol. The van der Waals surface area contributed by atoms with E-state index >= 15 is 0 Å². The molecule has 0 spiro atoms. The molecular formula is C23H29N3O5. The topological polar surface area (TPSA) is 93.6 Å². The van der Waals surface area contributed by atoms with Crippen LogP contribution in [0.2, 0.25) is 0 Å². The molecule has 8 heteroatoms. The maximum Gasteiger partial charge on any atom is 0.414 e. The molecule has 1 saturated heterocycles. The summed E-state index contributed by atoms with van der Waals surface area (Å²) in [7, 11) is 7.69. The van der Waals surface area contributed by atoms with Crippen LogP contribution in [-0.4, -0.2) is 73.0 Å². The summed E-state index contributed by atoms with van der Waals surface area (Å²) in [4.78, 5) is 28.1. The molecule has 0 bridgehead atoms. The van der Waals surface area contributed by atoms with Crippen molar-refractivity contribution >= 4 is 17.7 Å². The van der Waals surface area contributed by atoms with Gasteiger partial charge in [-0.3, -0.25) is 4.90 Å². The van der Waals surface area contributed by atoms with E-state index < -0.39 is 5.97 Å². The zero-order valence-corrected chi connectivity index (χ0v) is 18.5. The zero-order chi connectivity index (χ0) is 22.9. The quantitative estimate of drug-likeness (QED) is 0.760. The van der Waals surface area contributed by atoms with Crippen molar-refractivity contribution in [1.82, 2.24) is 9.80 Å². The third-order valence-corrected chi connectivity index (χ3v) is 6.01. The Hall–Kier alpha value is -3.26. The van der Waals surface area contributed by atoms with Crippen LogP contribution < -0.4 is 9.64 Å². The van der Waals surface area contributed by atoms with E-state index in [9.17, 15) is 9.59 Å². The molecule has 2 heterocycles. The molecule has 2 aliphatic heterocycles. The number of fused-ring (bicyclic) bond motifs is 3. The first kappa shape index (κ1) is 22.4. The molecule has 0 radical (unpaired) electrons. The molecule has 31 heavy (non-hydrogen) atoms. The SMILES string of the molecule is CN(C)C(=O)Oc1ccc2c(c1)[C@]1(C)CCN(C)[C@@H]1N2C.O=C(O)c1ccccc1O. The molecule has 4 rings (SSSR count). The Morgan fingerprint density at radius 2 is 1.84 bits per heavy atom. The number of carboxylic acid groups (broad SMARTS) is 1. The fourth-order valence-electron chi connectivity index (χ4n) is 4.47. The first-order chi connectivity index (χ1) is 14.6. The second-order valence-corrected chi connectivity index (χ2v) is 8.40. The van der Waals surface area contributed by atoms with E-state index in [-0.39, 0.29) is 22.8 Å². The van der Waals surface area contributed by atoms with Crippen LogP contribution in [-0.2, 0) is 5.41 Å². The number of nitrogens with zero attached hydrogens (tertiary/aromatic N) is 3. The molecule has 2 N–H and O–H groups in total. The van der Waals surface area contributed by atoms with Gasteiger partial charge in [-0.1, -0.05) is 19.1 Å². The van der Waals surface area contributed by atoms with Gasteiger partial charge in [-0.2, -0.15) is 0 Å². The van der Waals surface area contributed by atoms with Gasteiger partial charge in [0.2, 0.25) is 0 Å². The molecule has 0 saturated carbocycles. The van der Waals surface area contributed by atoms with Crippen LogP contribution in [0.1, 0.15) is 29.3 Å². The number of anilines is 1. The van der Waals surface area contributed by atoms with Crippen molar-refractivity contribution in [2.45, 2.75) is 24.9 Å². The number of aromatic hydroxyl groups is 1. The maximum atomic E-state index is 11.7. The summed E-state index contributed by atoms with van der Waals surface area (Å²) in [6, 6.07) is 11.8. The molecular weight excluding hydrogens is 398 g/mol. The van der Waals surface area contributed by atoms with Crippen molar-refractivity contribution in [1.29, 1.82) is 0 Å². The lowest BCUT2D eigenvalue weighted by Crippen LogP contribution is -2.45. The number of aromatic carboxylic acids is 1. The second kappa shape index (κ2) is 8.47. The smallest absolute Gasteiger partial charge is 0.414 e. The number of carbonyl (C=O) groups excluding carboxylic acids is 1. The number of rotatable bonds is 2. The van der Waals surface area contributed by atoms with Crippen LogP contribution in [0.15, 0.2) is 42.5 Å². The highest BCUT2D eigenvalue weighted by Crippen LogP contribution is 2.51. The van der Waals surface area contributed by atoms with Gasteiger partial charge in [0.05, 0.1) is 6.17 Å². The Labute approximate surface area is 182 Å². The monoisotopic (exact) mass is 427 g/mol. The lowest BCUT2D eigenvalue weighted by Gasteiger charge is -2.32. The van der Waals surface area contributed by atoms with Crippen LogP contribution >= 0.6 is 0 Å². The standard InChI is InChI=1S/C16H23N3O2.C7H6O3/c1-16-8-9-18(4)14(16)19(5)13-7-6-11(10-12(13)16)21-15(20)17(2)3;8-6-4-2-1-3-5(6)7(9)10/h6-7,10,14H,8-9H2,1-5H3;1-4,8H,(H,9,10)/t14-,16+;/m1./s1. The van der Waals surface area contributed by atoms with E-state index in [1.165, 1.54) is 28.3 Å². The molecule has 1 fully saturated rings. The first-order valence-corrected chi connectivity index (χ1v) is 10.0. The Kier molecular flexibility index (Phi) is 6.13. The van der Waals surface area contributed by atoms with Gasteiger partial charge in [0.15, 0.2) is 0 Å². The number of amides is 1. The van der Waals surface area contributed by atoms with Crippen molar-refractivity contribution in [2.75, 3.05) is 39.6 Å². The Morgan fingerprint density at radius 3 is 2.42 bits per heavy atom. The zero-order valence-electron chi connectivity index (χ0n) is 18.5. The largest absolute Gasteiger partial charge is 0.507 e. The molecule has 0 aromatic heterocycles. The van der Waals surface area contributed by atoms with E-state index in [1.807, 2.05) is 12.1 Å². The summed E-state index contributed by atoms with van der Waals surface area (Å²) in [5.41, 5.74) is 2.55. The number of phenols is 1. The Morgan fingerprint density at radius 1 is 1.16 bits per heavy atom. The summed E-state index contributed by atoms with van der Waals surface area (Å²) in [6.07, 6.45) is 1.16. The normalized spacial score (nSPS) is 21.6. The third kappa shape index (κ3) is 4.16. The van der Waals surface area contributed by atoms with E-state index in [4.69, 9.17) is 14.9 Å². The van der Waals surface area contributed by atoms with E-state index in [1.54, 1.807) is 26.2 Å². The molecule has 2 aromatic rings. The molecule has 2 aliphatic rings. The molecule has 0 aliphatic carbocycles. The molecule has 166 valence electrons. The summed E-state index contributed by atoms with van der Waals surface area (Å²) in [5.74, 6) is -0.689. The minimum Gasteiger partial charge on any atom is -0.507 e. The number of para-hydroxylation sites is 1. The van der Waals surface area contributed by atoms with E-state index in [0.717, 1.165) is 13.0 Å². The summed E-state index contributed by atoms with van der Waals surface area (Å²) in [6.45, 7) is 3.40. The predicted molar refractivity (Wildman–Crippen MR) is 118 cm³/mol. The lowest BCUT2D eigenvalue weighted by molar-refractivity contribution is 0.0693. The first-order valence-electron chi connectivity index (χ1n) is 10.0. The molecule has 2 aromatic carbocycles. The minimum atomic E-state index is -1.11. The number of likely N-dealkylation sites (N-methyl/N-ethyl adjacent to an activating group) is 2. The van der Waals surface area contributed by atoms with Crippen molar-refractivity contribution < 1.29 is 24.5 Å². The minimum absolute atomic E-state index is 0.0671. The maximum absolute atomic E-state index is 11.7. The van der Waals surface area contributed by atoms with Crippen LogP contribution in [0.25, 0.3) is 0 Å². The molecule has 0 unspecified atom stereocenters. The summed E-state index contributed by atoms with van der Waals surface area (Å²) >= 11 is 0. The summed E-state index contributed by atoms with van der Waals surface area (Å²) in [5, 5.41) is 17.3. The third-order valence-electron chi connectivity index (χ3n) is 6.01. The highest BCUT2D eigenvalue weighted by molar-refractivity contribution is 5.90. The van der Waals surface area contributed by atoms with Gasteiger partial charge in [0.1, 0.15) is 17.1 Å². The highest BCUT2D eigenvalue weighted by Gasteiger charge is 2.52. The van der Waals surface area contributed by atoms with Crippen LogP contribution in [0.3, 0.4) is 0 Å². The van der Waals surface area contributed by atoms with Crippen molar-refractivity contribution in [3.63, 3.8) is 0 Å².